The molecule has 0 N–H and O–H groups in total. The van der Waals surface area contributed by atoms with Gasteiger partial charge in [-0.1, -0.05) is 27.7 Å². The largest absolute Gasteiger partial charge is 0.412 e. The third-order valence-corrected chi connectivity index (χ3v) is 9.49. The van der Waals surface area contributed by atoms with Gasteiger partial charge >= 0.3 is 0 Å². The number of rotatable bonds is 7. The minimum Gasteiger partial charge on any atom is -0.412 e. The van der Waals surface area contributed by atoms with Gasteiger partial charge in [-0.25, -0.2) is 0 Å². The van der Waals surface area contributed by atoms with Crippen molar-refractivity contribution >= 4 is 17.6 Å². The summed E-state index contributed by atoms with van der Waals surface area (Å²) in [4.78, 5) is 0. The fourth-order valence-corrected chi connectivity index (χ4v) is 5.73. The summed E-state index contributed by atoms with van der Waals surface area (Å²) < 4.78 is 6.55. The molecule has 0 aliphatic rings. The molecule has 0 saturated carbocycles. The summed E-state index contributed by atoms with van der Waals surface area (Å²) in [7, 11) is 1.39. The fourth-order valence-electron chi connectivity index (χ4n) is 1.91. The van der Waals surface area contributed by atoms with E-state index in [9.17, 15) is 0 Å². The molecule has 0 heterocycles. The Morgan fingerprint density at radius 2 is 1.53 bits per heavy atom. The smallest absolute Gasteiger partial charge is 0.192 e. The van der Waals surface area contributed by atoms with E-state index in [4.69, 9.17) is 4.43 Å². The van der Waals surface area contributed by atoms with Gasteiger partial charge in [0.05, 0.1) is 5.60 Å². The highest BCUT2D eigenvalue weighted by Gasteiger charge is 2.37. The normalized spacial score (nSPS) is 15.4. The van der Waals surface area contributed by atoms with Crippen LogP contribution in [0.1, 0.15) is 41.5 Å². The minimum absolute atomic E-state index is 0.0377. The lowest BCUT2D eigenvalue weighted by atomic mass is 9.95. The standard InChI is InChI=1S/C12H29OPSi/c1-7-15(8-2,9-3)13-12(5,6)11(4)10-14/h11H,7-10,14H2,1-6H3/t11-/m0/s1. The Morgan fingerprint density at radius 1 is 1.13 bits per heavy atom. The van der Waals surface area contributed by atoms with Crippen molar-refractivity contribution < 1.29 is 4.43 Å². The highest BCUT2D eigenvalue weighted by atomic mass is 31.0. The lowest BCUT2D eigenvalue weighted by Gasteiger charge is -2.41. The SMILES string of the molecule is CC[Si](CC)(CC)OC(C)(C)[C@@H](C)CP. The summed E-state index contributed by atoms with van der Waals surface area (Å²) in [6, 6.07) is 3.73. The molecule has 0 fully saturated rings. The molecule has 0 aromatic heterocycles. The second-order valence-corrected chi connectivity index (χ2v) is 10.2. The van der Waals surface area contributed by atoms with Crippen molar-refractivity contribution in [3.8, 4) is 0 Å². The van der Waals surface area contributed by atoms with E-state index in [0.29, 0.717) is 5.92 Å². The van der Waals surface area contributed by atoms with E-state index in [0.717, 1.165) is 6.16 Å². The Kier molecular flexibility index (Phi) is 6.63. The second kappa shape index (κ2) is 6.37. The number of hydrogen-bond donors (Lipinski definition) is 0. The molecule has 0 aromatic rings. The molecule has 0 bridgehead atoms. The monoisotopic (exact) mass is 248 g/mol. The van der Waals surface area contributed by atoms with Crippen molar-refractivity contribution in [2.75, 3.05) is 6.16 Å². The van der Waals surface area contributed by atoms with Gasteiger partial charge in [0.1, 0.15) is 0 Å². The van der Waals surface area contributed by atoms with Gasteiger partial charge in [0, 0.05) is 0 Å². The summed E-state index contributed by atoms with van der Waals surface area (Å²) in [6.07, 6.45) is 1.12. The van der Waals surface area contributed by atoms with E-state index >= 15 is 0 Å². The Balaban J connectivity index is 4.65. The summed E-state index contributed by atoms with van der Waals surface area (Å²) in [5.74, 6) is 0.610. The molecule has 0 aliphatic carbocycles. The first-order valence-electron chi connectivity index (χ1n) is 6.27. The van der Waals surface area contributed by atoms with Gasteiger partial charge in [0.2, 0.25) is 0 Å². The van der Waals surface area contributed by atoms with Gasteiger partial charge < -0.3 is 4.43 Å². The van der Waals surface area contributed by atoms with Crippen molar-refractivity contribution in [3.63, 3.8) is 0 Å². The first-order valence-corrected chi connectivity index (χ1v) is 9.62. The first-order chi connectivity index (χ1) is 6.87. The van der Waals surface area contributed by atoms with Gasteiger partial charge in [-0.15, -0.1) is 9.24 Å². The maximum Gasteiger partial charge on any atom is 0.192 e. The summed E-state index contributed by atoms with van der Waals surface area (Å²) in [5, 5.41) is 0. The van der Waals surface area contributed by atoms with E-state index < -0.39 is 8.32 Å². The lowest BCUT2D eigenvalue weighted by molar-refractivity contribution is 0.0495. The lowest BCUT2D eigenvalue weighted by Crippen LogP contribution is -2.47. The van der Waals surface area contributed by atoms with Crippen LogP contribution in [0.15, 0.2) is 0 Å². The highest BCUT2D eigenvalue weighted by molar-refractivity contribution is 7.16. The molecule has 1 unspecified atom stereocenters. The molecule has 0 radical (unpaired) electrons. The molecule has 0 aliphatic heterocycles. The van der Waals surface area contributed by atoms with Crippen LogP contribution in [0.4, 0.5) is 0 Å². The predicted octanol–water partition coefficient (Wildman–Crippen LogP) is 4.30. The van der Waals surface area contributed by atoms with Crippen molar-refractivity contribution in [1.82, 2.24) is 0 Å². The van der Waals surface area contributed by atoms with Crippen LogP contribution >= 0.6 is 9.24 Å². The van der Waals surface area contributed by atoms with E-state index in [2.05, 4.69) is 50.8 Å². The molecule has 3 heteroatoms. The van der Waals surface area contributed by atoms with Crippen molar-refractivity contribution in [1.29, 1.82) is 0 Å². The zero-order valence-electron chi connectivity index (χ0n) is 11.4. The first kappa shape index (κ1) is 15.6. The third-order valence-electron chi connectivity index (χ3n) is 3.95. The molecule has 0 amide bonds. The van der Waals surface area contributed by atoms with Gasteiger partial charge in [-0.05, 0) is 44.1 Å². The van der Waals surface area contributed by atoms with Gasteiger partial charge in [-0.2, -0.15) is 0 Å². The molecule has 0 spiro atoms. The molecule has 0 rings (SSSR count). The molecular formula is C12H29OPSi. The average Bonchev–Trinajstić information content (AvgIpc) is 2.24. The van der Waals surface area contributed by atoms with Crippen LogP contribution in [0.2, 0.25) is 18.1 Å². The van der Waals surface area contributed by atoms with Crippen LogP contribution in [0.3, 0.4) is 0 Å². The molecule has 0 saturated heterocycles. The summed E-state index contributed by atoms with van der Waals surface area (Å²) >= 11 is 0. The Morgan fingerprint density at radius 3 is 1.80 bits per heavy atom. The van der Waals surface area contributed by atoms with E-state index in [1.165, 1.54) is 18.1 Å². The Hall–Kier alpha value is 0.607. The van der Waals surface area contributed by atoms with Crippen LogP contribution in [-0.2, 0) is 4.43 Å². The highest BCUT2D eigenvalue weighted by Crippen LogP contribution is 2.32. The Labute approximate surface area is 99.7 Å². The van der Waals surface area contributed by atoms with E-state index in [-0.39, 0.29) is 5.60 Å². The van der Waals surface area contributed by atoms with Crippen molar-refractivity contribution in [3.05, 3.63) is 0 Å². The molecule has 92 valence electrons. The van der Waals surface area contributed by atoms with Crippen molar-refractivity contribution in [2.45, 2.75) is 65.3 Å². The molecule has 15 heavy (non-hydrogen) atoms. The average molecular weight is 248 g/mol. The minimum atomic E-state index is -1.44. The molecular weight excluding hydrogens is 219 g/mol. The number of hydrogen-bond acceptors (Lipinski definition) is 1. The van der Waals surface area contributed by atoms with E-state index in [1.54, 1.807) is 0 Å². The maximum atomic E-state index is 6.55. The van der Waals surface area contributed by atoms with Crippen LogP contribution in [-0.4, -0.2) is 20.1 Å². The van der Waals surface area contributed by atoms with Gasteiger partial charge in [-0.3, -0.25) is 0 Å². The predicted molar refractivity (Wildman–Crippen MR) is 76.1 cm³/mol. The topological polar surface area (TPSA) is 9.23 Å². The van der Waals surface area contributed by atoms with Crippen LogP contribution < -0.4 is 0 Å². The van der Waals surface area contributed by atoms with Crippen LogP contribution in [0.25, 0.3) is 0 Å². The quantitative estimate of drug-likeness (QED) is 0.482. The summed E-state index contributed by atoms with van der Waals surface area (Å²) in [6.45, 7) is 13.7. The zero-order valence-corrected chi connectivity index (χ0v) is 13.5. The molecule has 1 nitrogen and oxygen atoms in total. The fraction of sp³-hybridized carbons (Fsp3) is 1.00. The van der Waals surface area contributed by atoms with Gasteiger partial charge in [0.25, 0.3) is 0 Å². The van der Waals surface area contributed by atoms with Gasteiger partial charge in [0.15, 0.2) is 8.32 Å². The maximum absolute atomic E-state index is 6.55. The van der Waals surface area contributed by atoms with E-state index in [1.807, 2.05) is 0 Å². The Bertz CT molecular complexity index is 170. The zero-order chi connectivity index (χ0) is 12.1. The summed E-state index contributed by atoms with van der Waals surface area (Å²) in [5.41, 5.74) is 0.0377. The van der Waals surface area contributed by atoms with Crippen molar-refractivity contribution in [2.24, 2.45) is 5.92 Å². The molecule has 0 aromatic carbocycles. The third kappa shape index (κ3) is 4.17. The molecule has 2 atom stereocenters. The second-order valence-electron chi connectivity index (χ2n) is 5.09. The van der Waals surface area contributed by atoms with Crippen LogP contribution in [0.5, 0.6) is 0 Å². The van der Waals surface area contributed by atoms with Crippen LogP contribution in [0, 0.1) is 5.92 Å².